The van der Waals surface area contributed by atoms with Crippen molar-refractivity contribution >= 4 is 50.1 Å². The van der Waals surface area contributed by atoms with E-state index in [-0.39, 0.29) is 11.7 Å². The van der Waals surface area contributed by atoms with Gasteiger partial charge in [0.15, 0.2) is 16.1 Å². The first-order valence-electron chi connectivity index (χ1n) is 8.59. The fourth-order valence-corrected chi connectivity index (χ4v) is 4.54. The molecule has 4 rings (SSSR count). The van der Waals surface area contributed by atoms with Gasteiger partial charge in [-0.2, -0.15) is 0 Å². The average Bonchev–Trinajstić information content (AvgIpc) is 3.41. The van der Waals surface area contributed by atoms with Crippen molar-refractivity contribution < 1.29 is 9.21 Å². The molecule has 0 saturated carbocycles. The third-order valence-electron chi connectivity index (χ3n) is 4.14. The number of furan rings is 1. The van der Waals surface area contributed by atoms with Gasteiger partial charge in [0, 0.05) is 22.5 Å². The van der Waals surface area contributed by atoms with Gasteiger partial charge in [-0.15, -0.1) is 21.5 Å². The van der Waals surface area contributed by atoms with Gasteiger partial charge in [0.05, 0.1) is 23.3 Å². The first-order chi connectivity index (χ1) is 14.0. The van der Waals surface area contributed by atoms with Crippen LogP contribution in [0.4, 0.5) is 5.13 Å². The second-order valence-electron chi connectivity index (χ2n) is 6.14. The molecule has 1 amide bonds. The maximum Gasteiger partial charge on any atom is 0.236 e. The molecule has 4 aromatic rings. The van der Waals surface area contributed by atoms with Crippen LogP contribution in [0.3, 0.4) is 0 Å². The summed E-state index contributed by atoms with van der Waals surface area (Å²) in [5.41, 5.74) is 2.71. The highest BCUT2D eigenvalue weighted by Crippen LogP contribution is 2.28. The van der Waals surface area contributed by atoms with Gasteiger partial charge < -0.3 is 14.3 Å². The number of hydrogen-bond acceptors (Lipinski definition) is 7. The SMILES string of the molecule is Cc1occc1-c1nnc(SCC(=O)Nc2nc(-c3cccc(Br)c3)cs2)n1C. The van der Waals surface area contributed by atoms with Crippen molar-refractivity contribution in [3.63, 3.8) is 0 Å². The number of nitrogens with zero attached hydrogens (tertiary/aromatic N) is 4. The van der Waals surface area contributed by atoms with Gasteiger partial charge in [0.1, 0.15) is 5.76 Å². The molecule has 7 nitrogen and oxygen atoms in total. The van der Waals surface area contributed by atoms with Gasteiger partial charge in [-0.1, -0.05) is 39.8 Å². The molecule has 10 heteroatoms. The van der Waals surface area contributed by atoms with Gasteiger partial charge in [-0.25, -0.2) is 4.98 Å². The highest BCUT2D eigenvalue weighted by Gasteiger charge is 2.16. The van der Waals surface area contributed by atoms with Gasteiger partial charge in [-0.3, -0.25) is 4.79 Å². The zero-order valence-electron chi connectivity index (χ0n) is 15.5. The maximum absolute atomic E-state index is 12.3. The number of nitrogens with one attached hydrogen (secondary N) is 1. The fraction of sp³-hybridized carbons (Fsp3) is 0.158. The summed E-state index contributed by atoms with van der Waals surface area (Å²) in [6.45, 7) is 1.88. The number of thioether (sulfide) groups is 1. The Bertz CT molecular complexity index is 1170. The zero-order valence-corrected chi connectivity index (χ0v) is 18.8. The van der Waals surface area contributed by atoms with E-state index in [4.69, 9.17) is 4.42 Å². The van der Waals surface area contributed by atoms with Crippen LogP contribution in [0.5, 0.6) is 0 Å². The third-order valence-corrected chi connectivity index (χ3v) is 6.41. The molecule has 0 atom stereocenters. The van der Waals surface area contributed by atoms with E-state index >= 15 is 0 Å². The first kappa shape index (κ1) is 19.9. The van der Waals surface area contributed by atoms with Crippen LogP contribution in [-0.2, 0) is 11.8 Å². The van der Waals surface area contributed by atoms with Crippen molar-refractivity contribution in [2.75, 3.05) is 11.1 Å². The van der Waals surface area contributed by atoms with Crippen molar-refractivity contribution in [2.24, 2.45) is 7.05 Å². The summed E-state index contributed by atoms with van der Waals surface area (Å²) in [4.78, 5) is 16.8. The Kier molecular flexibility index (Phi) is 5.84. The number of carbonyl (C=O) groups excluding carboxylic acids is 1. The molecule has 0 radical (unpaired) electrons. The summed E-state index contributed by atoms with van der Waals surface area (Å²) in [5, 5.41) is 14.4. The van der Waals surface area contributed by atoms with Crippen LogP contribution in [-0.4, -0.2) is 31.4 Å². The first-order valence-corrected chi connectivity index (χ1v) is 11.2. The van der Waals surface area contributed by atoms with Crippen molar-refractivity contribution in [2.45, 2.75) is 12.1 Å². The number of halogens is 1. The molecule has 0 aliphatic carbocycles. The normalized spacial score (nSPS) is 11.0. The number of carbonyl (C=O) groups is 1. The van der Waals surface area contributed by atoms with E-state index in [9.17, 15) is 4.79 Å². The lowest BCUT2D eigenvalue weighted by atomic mass is 10.2. The molecule has 0 spiro atoms. The number of amides is 1. The van der Waals surface area contributed by atoms with E-state index < -0.39 is 0 Å². The molecule has 0 fully saturated rings. The number of thiazole rings is 1. The predicted octanol–water partition coefficient (Wildman–Crippen LogP) is 5.00. The summed E-state index contributed by atoms with van der Waals surface area (Å²) < 4.78 is 8.16. The lowest BCUT2D eigenvalue weighted by Crippen LogP contribution is -2.14. The van der Waals surface area contributed by atoms with Crippen LogP contribution in [0.15, 0.2) is 56.0 Å². The Morgan fingerprint density at radius 3 is 2.97 bits per heavy atom. The molecular formula is C19H16BrN5O2S2. The maximum atomic E-state index is 12.3. The molecule has 148 valence electrons. The third kappa shape index (κ3) is 4.44. The summed E-state index contributed by atoms with van der Waals surface area (Å²) >= 11 is 6.18. The standard InChI is InChI=1S/C19H16BrN5O2S2/c1-11-14(6-7-27-11)17-23-24-19(25(17)2)29-10-16(26)22-18-21-15(9-28-18)12-4-3-5-13(20)8-12/h3-9H,10H2,1-2H3,(H,21,22,26). The second kappa shape index (κ2) is 8.52. The van der Waals surface area contributed by atoms with Crippen LogP contribution in [0, 0.1) is 6.92 Å². The van der Waals surface area contributed by atoms with Gasteiger partial charge in [0.25, 0.3) is 0 Å². The van der Waals surface area contributed by atoms with Crippen molar-refractivity contribution in [3.05, 3.63) is 52.2 Å². The fourth-order valence-electron chi connectivity index (χ4n) is 2.69. The molecule has 0 unspecified atom stereocenters. The summed E-state index contributed by atoms with van der Waals surface area (Å²) in [7, 11) is 1.87. The number of aromatic nitrogens is 4. The number of rotatable bonds is 6. The van der Waals surface area contributed by atoms with Crippen LogP contribution in [0.25, 0.3) is 22.6 Å². The number of anilines is 1. The molecule has 3 heterocycles. The van der Waals surface area contributed by atoms with Crippen LogP contribution >= 0.6 is 39.0 Å². The van der Waals surface area contributed by atoms with Gasteiger partial charge in [0.2, 0.25) is 5.91 Å². The summed E-state index contributed by atoms with van der Waals surface area (Å²) in [5.74, 6) is 1.55. The van der Waals surface area contributed by atoms with Crippen LogP contribution in [0.1, 0.15) is 5.76 Å². The van der Waals surface area contributed by atoms with Crippen molar-refractivity contribution in [1.29, 1.82) is 0 Å². The Labute approximate surface area is 183 Å². The molecule has 1 aromatic carbocycles. The minimum Gasteiger partial charge on any atom is -0.469 e. The summed E-state index contributed by atoms with van der Waals surface area (Å²) in [6.07, 6.45) is 1.62. The van der Waals surface area contributed by atoms with E-state index in [2.05, 4.69) is 36.4 Å². The number of aryl methyl sites for hydroxylation is 1. The second-order valence-corrected chi connectivity index (χ2v) is 8.86. The molecule has 0 aliphatic rings. The highest BCUT2D eigenvalue weighted by molar-refractivity contribution is 9.10. The molecule has 0 saturated heterocycles. The van der Waals surface area contributed by atoms with E-state index in [1.165, 1.54) is 23.1 Å². The average molecular weight is 490 g/mol. The Morgan fingerprint density at radius 1 is 1.34 bits per heavy atom. The van der Waals surface area contributed by atoms with Crippen LogP contribution in [0.2, 0.25) is 0 Å². The minimum absolute atomic E-state index is 0.144. The smallest absolute Gasteiger partial charge is 0.236 e. The Balaban J connectivity index is 1.38. The number of benzene rings is 1. The largest absolute Gasteiger partial charge is 0.469 e. The van der Waals surface area contributed by atoms with E-state index in [0.717, 1.165) is 27.1 Å². The van der Waals surface area contributed by atoms with Gasteiger partial charge >= 0.3 is 0 Å². The predicted molar refractivity (Wildman–Crippen MR) is 118 cm³/mol. The Hall–Kier alpha value is -2.43. The lowest BCUT2D eigenvalue weighted by molar-refractivity contribution is -0.113. The van der Waals surface area contributed by atoms with Crippen molar-refractivity contribution in [1.82, 2.24) is 19.7 Å². The highest BCUT2D eigenvalue weighted by atomic mass is 79.9. The minimum atomic E-state index is -0.144. The quantitative estimate of drug-likeness (QED) is 0.383. The van der Waals surface area contributed by atoms with E-state index in [1.807, 2.05) is 54.3 Å². The van der Waals surface area contributed by atoms with Gasteiger partial charge in [-0.05, 0) is 25.1 Å². The molecular weight excluding hydrogens is 474 g/mol. The lowest BCUT2D eigenvalue weighted by Gasteiger charge is -2.03. The molecule has 0 aliphatic heterocycles. The monoisotopic (exact) mass is 489 g/mol. The molecule has 29 heavy (non-hydrogen) atoms. The van der Waals surface area contributed by atoms with Crippen molar-refractivity contribution in [3.8, 4) is 22.6 Å². The molecule has 3 aromatic heterocycles. The zero-order chi connectivity index (χ0) is 20.4. The molecule has 1 N–H and O–H groups in total. The molecule has 0 bridgehead atoms. The van der Waals surface area contributed by atoms with E-state index in [0.29, 0.717) is 16.1 Å². The Morgan fingerprint density at radius 2 is 2.21 bits per heavy atom. The van der Waals surface area contributed by atoms with Crippen LogP contribution < -0.4 is 5.32 Å². The summed E-state index contributed by atoms with van der Waals surface area (Å²) in [6, 6.07) is 9.74. The van der Waals surface area contributed by atoms with E-state index in [1.54, 1.807) is 6.26 Å². The number of hydrogen-bond donors (Lipinski definition) is 1. The topological polar surface area (TPSA) is 85.8 Å².